The minimum Gasteiger partial charge on any atom is -0.455 e. The van der Waals surface area contributed by atoms with Gasteiger partial charge < -0.3 is 29.3 Å². The number of likely N-dealkylation sites (N-methyl/N-ethyl adjacent to an activating group) is 1. The van der Waals surface area contributed by atoms with Gasteiger partial charge in [-0.2, -0.15) is 0 Å². The molecule has 0 unspecified atom stereocenters. The summed E-state index contributed by atoms with van der Waals surface area (Å²) < 4.78 is 12.9. The van der Waals surface area contributed by atoms with Crippen LogP contribution in [0.5, 0.6) is 0 Å². The van der Waals surface area contributed by atoms with Crippen LogP contribution in [0.2, 0.25) is 5.02 Å². The third-order valence-electron chi connectivity index (χ3n) is 10.3. The zero-order chi connectivity index (χ0) is 34.3. The second-order valence-electron chi connectivity index (χ2n) is 13.4. The van der Waals surface area contributed by atoms with Crippen LogP contribution in [0.1, 0.15) is 45.3 Å². The van der Waals surface area contributed by atoms with Gasteiger partial charge in [-0.25, -0.2) is 0 Å². The number of fused-ring (bicyclic) bond motifs is 2. The van der Waals surface area contributed by atoms with E-state index >= 15 is 0 Å². The highest BCUT2D eigenvalue weighted by Crippen LogP contribution is 2.56. The lowest BCUT2D eigenvalue weighted by Crippen LogP contribution is -2.59. The first-order chi connectivity index (χ1) is 23.0. The fourth-order valence-corrected chi connectivity index (χ4v) is 7.75. The van der Waals surface area contributed by atoms with Gasteiger partial charge in [-0.3, -0.25) is 19.2 Å². The van der Waals surface area contributed by atoms with Gasteiger partial charge in [-0.1, -0.05) is 80.1 Å². The standard InChI is InChI=1S/C37H42ClN3O7/c1-22(2)27(21-42)41-33-35(45)40(26-16-14-25(38)15-17-26)20-10-6-9-13-29(43)39(4)23(3)32(24-11-7-5-8-12-24)47-36(46)30-28-18-19-37(33,48-28)31(30)34(41)44/h5-8,10-12,14-19,22-23,27-28,30-33,42H,9,13,20-21H2,1-4H3/b10-6-/t23-,27-,28+,30-,31-,32+,33+,37-/m0/s1. The topological polar surface area (TPSA) is 117 Å². The number of esters is 1. The van der Waals surface area contributed by atoms with Crippen molar-refractivity contribution in [3.63, 3.8) is 0 Å². The SMILES string of the molecule is CC(C)[C@H](CO)N1C(=O)[C@@H]2[C@H]3C(=O)O[C@@H](c4ccccc4)[C@H](C)N(C)C(=O)CC/C=C\CN(c4ccc(Cl)cc4)C(=O)[C@@H]1[C@]21C=C[C@H]3O1. The number of hydrogen-bond acceptors (Lipinski definition) is 7. The molecule has 10 nitrogen and oxygen atoms in total. The fourth-order valence-electron chi connectivity index (χ4n) is 7.63. The number of aliphatic hydroxyl groups excluding tert-OH is 1. The number of allylic oxidation sites excluding steroid dienone is 1. The van der Waals surface area contributed by atoms with Crippen LogP contribution in [0.25, 0.3) is 0 Å². The third-order valence-corrected chi connectivity index (χ3v) is 10.6. The van der Waals surface area contributed by atoms with Crippen LogP contribution in [-0.2, 0) is 28.7 Å². The maximum absolute atomic E-state index is 15.0. The number of amides is 3. The molecular weight excluding hydrogens is 634 g/mol. The molecule has 8 atom stereocenters. The monoisotopic (exact) mass is 675 g/mol. The van der Waals surface area contributed by atoms with Gasteiger partial charge in [-0.15, -0.1) is 0 Å². The molecule has 3 amide bonds. The van der Waals surface area contributed by atoms with Gasteiger partial charge in [0.2, 0.25) is 11.8 Å². The Morgan fingerprint density at radius 2 is 1.71 bits per heavy atom. The van der Waals surface area contributed by atoms with Gasteiger partial charge >= 0.3 is 5.97 Å². The van der Waals surface area contributed by atoms with Crippen molar-refractivity contribution < 1.29 is 33.8 Å². The van der Waals surface area contributed by atoms with Crippen LogP contribution in [0.15, 0.2) is 78.9 Å². The Labute approximate surface area is 285 Å². The molecule has 0 aliphatic carbocycles. The van der Waals surface area contributed by atoms with Crippen LogP contribution in [-0.4, -0.2) is 88.6 Å². The van der Waals surface area contributed by atoms with E-state index in [0.29, 0.717) is 22.7 Å². The Kier molecular flexibility index (Phi) is 9.53. The smallest absolute Gasteiger partial charge is 0.313 e. The highest BCUT2D eigenvalue weighted by Gasteiger charge is 2.74. The highest BCUT2D eigenvalue weighted by molar-refractivity contribution is 6.30. The van der Waals surface area contributed by atoms with Gasteiger partial charge in [0.05, 0.1) is 30.7 Å². The van der Waals surface area contributed by atoms with Crippen LogP contribution in [0, 0.1) is 17.8 Å². The van der Waals surface area contributed by atoms with Gasteiger partial charge in [0, 0.05) is 30.7 Å². The largest absolute Gasteiger partial charge is 0.455 e. The first-order valence-corrected chi connectivity index (χ1v) is 16.9. The summed E-state index contributed by atoms with van der Waals surface area (Å²) in [6, 6.07) is 13.6. The summed E-state index contributed by atoms with van der Waals surface area (Å²) >= 11 is 6.20. The van der Waals surface area contributed by atoms with E-state index in [4.69, 9.17) is 21.1 Å². The molecule has 4 heterocycles. The molecule has 11 heteroatoms. The molecule has 2 aromatic rings. The summed E-state index contributed by atoms with van der Waals surface area (Å²) in [6.45, 7) is 5.35. The Morgan fingerprint density at radius 3 is 2.38 bits per heavy atom. The highest BCUT2D eigenvalue weighted by atomic mass is 35.5. The minimum atomic E-state index is -1.46. The first-order valence-electron chi connectivity index (χ1n) is 16.5. The van der Waals surface area contributed by atoms with Crippen LogP contribution in [0.3, 0.4) is 0 Å². The molecule has 5 bridgehead atoms. The lowest BCUT2D eigenvalue weighted by atomic mass is 9.74. The third kappa shape index (κ3) is 5.73. The van der Waals surface area contributed by atoms with Crippen molar-refractivity contribution >= 4 is 41.0 Å². The zero-order valence-electron chi connectivity index (χ0n) is 27.6. The van der Waals surface area contributed by atoms with E-state index in [1.54, 1.807) is 53.3 Å². The summed E-state index contributed by atoms with van der Waals surface area (Å²) in [7, 11) is 1.69. The second kappa shape index (κ2) is 13.5. The van der Waals surface area contributed by atoms with Gasteiger partial charge in [0.15, 0.2) is 0 Å². The number of halogens is 1. The van der Waals surface area contributed by atoms with Gasteiger partial charge in [0.1, 0.15) is 23.7 Å². The average molecular weight is 676 g/mol. The number of benzene rings is 2. The van der Waals surface area contributed by atoms with Crippen molar-refractivity contribution in [1.29, 1.82) is 0 Å². The molecular formula is C37H42ClN3O7. The van der Waals surface area contributed by atoms with Crippen molar-refractivity contribution in [2.45, 2.75) is 69.5 Å². The second-order valence-corrected chi connectivity index (χ2v) is 13.8. The molecule has 0 saturated carbocycles. The van der Waals surface area contributed by atoms with Gasteiger partial charge in [0.25, 0.3) is 5.91 Å². The van der Waals surface area contributed by atoms with E-state index in [1.807, 2.05) is 63.3 Å². The van der Waals surface area contributed by atoms with Crippen molar-refractivity contribution in [2.75, 3.05) is 25.1 Å². The lowest BCUT2D eigenvalue weighted by molar-refractivity contribution is -0.164. The molecule has 0 aromatic heterocycles. The summed E-state index contributed by atoms with van der Waals surface area (Å²) in [5.41, 5.74) is -0.211. The molecule has 6 rings (SSSR count). The molecule has 1 spiro atoms. The van der Waals surface area contributed by atoms with Crippen LogP contribution >= 0.6 is 11.6 Å². The van der Waals surface area contributed by atoms with Crippen LogP contribution < -0.4 is 4.90 Å². The number of carbonyl (C=O) groups is 4. The van der Waals surface area contributed by atoms with E-state index in [2.05, 4.69) is 0 Å². The maximum atomic E-state index is 15.0. The molecule has 2 saturated heterocycles. The molecule has 48 heavy (non-hydrogen) atoms. The zero-order valence-corrected chi connectivity index (χ0v) is 28.3. The number of anilines is 1. The number of hydrogen-bond donors (Lipinski definition) is 1. The molecule has 2 aromatic carbocycles. The van der Waals surface area contributed by atoms with E-state index in [9.17, 15) is 24.3 Å². The predicted molar refractivity (Wildman–Crippen MR) is 180 cm³/mol. The number of carbonyl (C=O) groups excluding carboxylic acids is 4. The molecule has 254 valence electrons. The van der Waals surface area contributed by atoms with Crippen molar-refractivity contribution in [1.82, 2.24) is 9.80 Å². The summed E-state index contributed by atoms with van der Waals surface area (Å²) in [5, 5.41) is 11.1. The molecule has 0 radical (unpaired) electrons. The van der Waals surface area contributed by atoms with Crippen LogP contribution in [0.4, 0.5) is 5.69 Å². The van der Waals surface area contributed by atoms with Crippen molar-refractivity contribution in [2.24, 2.45) is 17.8 Å². The van der Waals surface area contributed by atoms with E-state index in [-0.39, 0.29) is 31.4 Å². The molecule has 2 fully saturated rings. The van der Waals surface area contributed by atoms with E-state index < -0.39 is 65.6 Å². The molecule has 4 aliphatic rings. The predicted octanol–water partition coefficient (Wildman–Crippen LogP) is 4.32. The number of aliphatic hydroxyl groups is 1. The minimum absolute atomic E-state index is 0.127. The number of rotatable bonds is 5. The number of ether oxygens (including phenoxy) is 2. The van der Waals surface area contributed by atoms with Gasteiger partial charge in [-0.05, 0) is 49.1 Å². The molecule has 1 N–H and O–H groups in total. The maximum Gasteiger partial charge on any atom is 0.313 e. The normalized spacial score (nSPS) is 32.2. The summed E-state index contributed by atoms with van der Waals surface area (Å²) in [5.74, 6) is -3.97. The van der Waals surface area contributed by atoms with E-state index in [0.717, 1.165) is 0 Å². The summed E-state index contributed by atoms with van der Waals surface area (Å²) in [4.78, 5) is 61.9. The number of nitrogens with zero attached hydrogens (tertiary/aromatic N) is 3. The molecule has 4 aliphatic heterocycles. The summed E-state index contributed by atoms with van der Waals surface area (Å²) in [6.07, 6.45) is 6.17. The Balaban J connectivity index is 1.49. The van der Waals surface area contributed by atoms with Crippen molar-refractivity contribution in [3.05, 3.63) is 89.5 Å². The number of cyclic esters (lactones) is 1. The van der Waals surface area contributed by atoms with E-state index in [1.165, 1.54) is 4.90 Å². The Morgan fingerprint density at radius 1 is 1.00 bits per heavy atom. The first kappa shape index (κ1) is 33.9. The lowest BCUT2D eigenvalue weighted by Gasteiger charge is -2.40. The van der Waals surface area contributed by atoms with Crippen molar-refractivity contribution in [3.8, 4) is 0 Å². The quantitative estimate of drug-likeness (QED) is 0.371. The fraction of sp³-hybridized carbons (Fsp3) is 0.459. The Bertz CT molecular complexity index is 1610. The number of likely N-dealkylation sites (tertiary alicyclic amines) is 1. The average Bonchev–Trinajstić information content (AvgIpc) is 3.72. The Hall–Kier alpha value is -3.99.